The van der Waals surface area contributed by atoms with Gasteiger partial charge in [-0.2, -0.15) is 0 Å². The fraction of sp³-hybridized carbons (Fsp3) is 0.900. The lowest BCUT2D eigenvalue weighted by Crippen LogP contribution is -2.28. The van der Waals surface area contributed by atoms with E-state index in [1.165, 1.54) is 0 Å². The minimum Gasteiger partial charge on any atom is -0.481 e. The van der Waals surface area contributed by atoms with Gasteiger partial charge in [-0.15, -0.1) is 0 Å². The van der Waals surface area contributed by atoms with Crippen LogP contribution in [-0.4, -0.2) is 22.8 Å². The van der Waals surface area contributed by atoms with Gasteiger partial charge in [-0.1, -0.05) is 13.8 Å². The summed E-state index contributed by atoms with van der Waals surface area (Å²) in [4.78, 5) is 10.6. The number of carboxylic acids is 1. The number of aliphatic hydroxyl groups is 1. The Morgan fingerprint density at radius 3 is 2.31 bits per heavy atom. The Bertz CT molecular complexity index is 198. The minimum atomic E-state index is -0.725. The third-order valence-electron chi connectivity index (χ3n) is 3.61. The van der Waals surface area contributed by atoms with Crippen LogP contribution in [0.2, 0.25) is 0 Å². The molecule has 0 aromatic rings. The predicted molar refractivity (Wildman–Crippen MR) is 49.3 cm³/mol. The van der Waals surface area contributed by atoms with E-state index in [0.29, 0.717) is 0 Å². The largest absolute Gasteiger partial charge is 0.481 e. The fourth-order valence-electron chi connectivity index (χ4n) is 2.38. The third kappa shape index (κ3) is 2.02. The van der Waals surface area contributed by atoms with E-state index >= 15 is 0 Å². The van der Waals surface area contributed by atoms with Crippen molar-refractivity contribution in [2.75, 3.05) is 6.61 Å². The molecule has 0 aliphatic heterocycles. The zero-order chi connectivity index (χ0) is 10.1. The SMILES string of the molecule is CC1(C)[C@H](CO)CC[C@H]1CC(=O)O. The summed E-state index contributed by atoms with van der Waals surface area (Å²) in [6, 6.07) is 0. The summed E-state index contributed by atoms with van der Waals surface area (Å²) < 4.78 is 0. The molecule has 1 aliphatic rings. The number of rotatable bonds is 3. The smallest absolute Gasteiger partial charge is 0.303 e. The maximum absolute atomic E-state index is 10.6. The van der Waals surface area contributed by atoms with E-state index in [2.05, 4.69) is 13.8 Å². The molecule has 0 unspecified atom stereocenters. The summed E-state index contributed by atoms with van der Waals surface area (Å²) >= 11 is 0. The molecule has 0 aromatic carbocycles. The van der Waals surface area contributed by atoms with Gasteiger partial charge in [0.15, 0.2) is 0 Å². The van der Waals surface area contributed by atoms with Crippen molar-refractivity contribution in [3.05, 3.63) is 0 Å². The summed E-state index contributed by atoms with van der Waals surface area (Å²) in [5.74, 6) is -0.226. The summed E-state index contributed by atoms with van der Waals surface area (Å²) in [6.45, 7) is 4.31. The van der Waals surface area contributed by atoms with Crippen LogP contribution in [0.3, 0.4) is 0 Å². The highest BCUT2D eigenvalue weighted by Gasteiger charge is 2.43. The van der Waals surface area contributed by atoms with Crippen molar-refractivity contribution in [1.82, 2.24) is 0 Å². The van der Waals surface area contributed by atoms with E-state index in [9.17, 15) is 4.79 Å². The van der Waals surface area contributed by atoms with E-state index in [-0.39, 0.29) is 30.3 Å². The van der Waals surface area contributed by atoms with Crippen LogP contribution in [0.1, 0.15) is 33.1 Å². The molecule has 0 amide bonds. The highest BCUT2D eigenvalue weighted by molar-refractivity contribution is 5.67. The van der Waals surface area contributed by atoms with Gasteiger partial charge in [0.2, 0.25) is 0 Å². The molecule has 76 valence electrons. The van der Waals surface area contributed by atoms with E-state index in [1.807, 2.05) is 0 Å². The first kappa shape index (κ1) is 10.5. The molecule has 2 N–H and O–H groups in total. The molecule has 0 bridgehead atoms. The zero-order valence-corrected chi connectivity index (χ0v) is 8.29. The molecule has 0 radical (unpaired) electrons. The highest BCUT2D eigenvalue weighted by atomic mass is 16.4. The van der Waals surface area contributed by atoms with Gasteiger partial charge in [0, 0.05) is 13.0 Å². The molecule has 0 aromatic heterocycles. The molecule has 3 nitrogen and oxygen atoms in total. The number of hydrogen-bond donors (Lipinski definition) is 2. The van der Waals surface area contributed by atoms with E-state index in [4.69, 9.17) is 10.2 Å². The molecule has 13 heavy (non-hydrogen) atoms. The molecular weight excluding hydrogens is 168 g/mol. The summed E-state index contributed by atoms with van der Waals surface area (Å²) in [6.07, 6.45) is 2.13. The quantitative estimate of drug-likeness (QED) is 0.702. The summed E-state index contributed by atoms with van der Waals surface area (Å²) in [5, 5.41) is 17.8. The van der Waals surface area contributed by atoms with Crippen LogP contribution in [-0.2, 0) is 4.79 Å². The highest BCUT2D eigenvalue weighted by Crippen LogP contribution is 2.48. The second-order valence-corrected chi connectivity index (χ2v) is 4.57. The van der Waals surface area contributed by atoms with Gasteiger partial charge in [0.05, 0.1) is 0 Å². The average molecular weight is 186 g/mol. The molecule has 3 heteroatoms. The lowest BCUT2D eigenvalue weighted by atomic mass is 9.74. The van der Waals surface area contributed by atoms with Gasteiger partial charge in [0.25, 0.3) is 0 Å². The summed E-state index contributed by atoms with van der Waals surface area (Å²) in [7, 11) is 0. The maximum Gasteiger partial charge on any atom is 0.303 e. The second-order valence-electron chi connectivity index (χ2n) is 4.57. The number of aliphatic carboxylic acids is 1. The van der Waals surface area contributed by atoms with E-state index in [0.717, 1.165) is 12.8 Å². The molecule has 0 spiro atoms. The van der Waals surface area contributed by atoms with Crippen molar-refractivity contribution in [2.45, 2.75) is 33.1 Å². The molecular formula is C10H18O3. The molecule has 0 heterocycles. The Labute approximate surface area is 78.8 Å². The lowest BCUT2D eigenvalue weighted by molar-refractivity contribution is -0.139. The first-order valence-corrected chi connectivity index (χ1v) is 4.81. The molecule has 2 atom stereocenters. The Morgan fingerprint density at radius 1 is 1.38 bits per heavy atom. The third-order valence-corrected chi connectivity index (χ3v) is 3.61. The van der Waals surface area contributed by atoms with Crippen LogP contribution in [0.15, 0.2) is 0 Å². The van der Waals surface area contributed by atoms with Crippen molar-refractivity contribution in [3.63, 3.8) is 0 Å². The maximum atomic E-state index is 10.6. The first-order valence-electron chi connectivity index (χ1n) is 4.81. The molecule has 1 rings (SSSR count). The Morgan fingerprint density at radius 2 is 1.92 bits per heavy atom. The van der Waals surface area contributed by atoms with Gasteiger partial charge in [0.1, 0.15) is 0 Å². The lowest BCUT2D eigenvalue weighted by Gasteiger charge is -2.31. The Kier molecular flexibility index (Phi) is 2.96. The van der Waals surface area contributed by atoms with Crippen LogP contribution in [0.5, 0.6) is 0 Å². The Hall–Kier alpha value is -0.570. The number of hydrogen-bond acceptors (Lipinski definition) is 2. The predicted octanol–water partition coefficient (Wildman–Crippen LogP) is 1.51. The number of aliphatic hydroxyl groups excluding tert-OH is 1. The van der Waals surface area contributed by atoms with Crippen molar-refractivity contribution in [2.24, 2.45) is 17.3 Å². The zero-order valence-electron chi connectivity index (χ0n) is 8.29. The van der Waals surface area contributed by atoms with Crippen LogP contribution in [0.25, 0.3) is 0 Å². The van der Waals surface area contributed by atoms with Gasteiger partial charge in [-0.3, -0.25) is 4.79 Å². The van der Waals surface area contributed by atoms with Gasteiger partial charge < -0.3 is 10.2 Å². The normalized spacial score (nSPS) is 31.9. The van der Waals surface area contributed by atoms with Crippen LogP contribution < -0.4 is 0 Å². The van der Waals surface area contributed by atoms with Crippen LogP contribution in [0, 0.1) is 17.3 Å². The van der Waals surface area contributed by atoms with E-state index < -0.39 is 5.97 Å². The Balaban J connectivity index is 2.64. The summed E-state index contributed by atoms with van der Waals surface area (Å²) in [5.41, 5.74) is -0.0207. The molecule has 1 fully saturated rings. The second kappa shape index (κ2) is 3.66. The average Bonchev–Trinajstić information content (AvgIpc) is 2.26. The number of carbonyl (C=O) groups is 1. The monoisotopic (exact) mass is 186 g/mol. The molecule has 1 saturated carbocycles. The first-order chi connectivity index (χ1) is 5.98. The van der Waals surface area contributed by atoms with Crippen LogP contribution >= 0.6 is 0 Å². The van der Waals surface area contributed by atoms with Crippen molar-refractivity contribution in [1.29, 1.82) is 0 Å². The van der Waals surface area contributed by atoms with Gasteiger partial charge in [-0.05, 0) is 30.1 Å². The van der Waals surface area contributed by atoms with Crippen LogP contribution in [0.4, 0.5) is 0 Å². The van der Waals surface area contributed by atoms with Crippen molar-refractivity contribution >= 4 is 5.97 Å². The standard InChI is InChI=1S/C10H18O3/c1-10(2)7(5-9(12)13)3-4-8(10)6-11/h7-8,11H,3-6H2,1-2H3,(H,12,13)/t7-,8-/m0/s1. The molecule has 0 saturated heterocycles. The fourth-order valence-corrected chi connectivity index (χ4v) is 2.38. The molecule has 1 aliphatic carbocycles. The number of carboxylic acid groups (broad SMARTS) is 1. The van der Waals surface area contributed by atoms with Crippen molar-refractivity contribution in [3.8, 4) is 0 Å². The van der Waals surface area contributed by atoms with E-state index in [1.54, 1.807) is 0 Å². The minimum absolute atomic E-state index is 0.0207. The van der Waals surface area contributed by atoms with Gasteiger partial charge in [-0.25, -0.2) is 0 Å². The van der Waals surface area contributed by atoms with Crippen molar-refractivity contribution < 1.29 is 15.0 Å². The van der Waals surface area contributed by atoms with Gasteiger partial charge >= 0.3 is 5.97 Å². The topological polar surface area (TPSA) is 57.5 Å².